The second kappa shape index (κ2) is 13.6. The number of hydrogen-bond donors (Lipinski definition) is 0. The molecular weight excluding hydrogens is 688 g/mol. The molecule has 0 aliphatic heterocycles. The molecule has 4 heteroatoms. The third-order valence-electron chi connectivity index (χ3n) is 10.7. The summed E-state index contributed by atoms with van der Waals surface area (Å²) >= 11 is 0. The fourth-order valence-corrected chi connectivity index (χ4v) is 11.0. The summed E-state index contributed by atoms with van der Waals surface area (Å²) in [7, 11) is -3.23. The Bertz CT molecular complexity index is 3010. The highest BCUT2D eigenvalue weighted by Crippen LogP contribution is 2.46. The molecule has 0 aliphatic rings. The van der Waals surface area contributed by atoms with Crippen molar-refractivity contribution in [2.75, 3.05) is 4.90 Å². The van der Waals surface area contributed by atoms with E-state index in [9.17, 15) is 0 Å². The maximum absolute atomic E-state index is 15.7. The van der Waals surface area contributed by atoms with Gasteiger partial charge >= 0.3 is 0 Å². The molecule has 0 spiro atoms. The van der Waals surface area contributed by atoms with Crippen LogP contribution in [0.2, 0.25) is 0 Å². The average Bonchev–Trinajstić information content (AvgIpc) is 3.26. The van der Waals surface area contributed by atoms with E-state index in [-0.39, 0.29) is 0 Å². The van der Waals surface area contributed by atoms with Crippen LogP contribution in [0.1, 0.15) is 0 Å². The zero-order chi connectivity index (χ0) is 36.8. The van der Waals surface area contributed by atoms with Crippen LogP contribution in [-0.4, -0.2) is 4.98 Å². The normalized spacial score (nSPS) is 11.7. The van der Waals surface area contributed by atoms with E-state index in [0.717, 1.165) is 76.7 Å². The fourth-order valence-electron chi connectivity index (χ4n) is 8.10. The van der Waals surface area contributed by atoms with Crippen LogP contribution in [-0.2, 0) is 4.57 Å². The summed E-state index contributed by atoms with van der Waals surface area (Å²) in [5, 5.41) is 10.2. The van der Waals surface area contributed by atoms with Gasteiger partial charge in [-0.1, -0.05) is 170 Å². The zero-order valence-corrected chi connectivity index (χ0v) is 30.9. The van der Waals surface area contributed by atoms with Crippen molar-refractivity contribution in [3.8, 4) is 11.3 Å². The Kier molecular flexibility index (Phi) is 8.09. The van der Waals surface area contributed by atoms with E-state index in [4.69, 9.17) is 4.98 Å². The van der Waals surface area contributed by atoms with Crippen molar-refractivity contribution >= 4 is 83.3 Å². The van der Waals surface area contributed by atoms with Crippen molar-refractivity contribution in [3.05, 3.63) is 212 Å². The number of para-hydroxylation sites is 2. The number of anilines is 3. The molecule has 0 unspecified atom stereocenters. The highest BCUT2D eigenvalue weighted by molar-refractivity contribution is 7.85. The van der Waals surface area contributed by atoms with E-state index >= 15 is 4.57 Å². The third-order valence-corrected chi connectivity index (χ3v) is 13.8. The Morgan fingerprint density at radius 2 is 0.964 bits per heavy atom. The average molecular weight is 723 g/mol. The number of nitrogens with zero attached hydrogens (tertiary/aromatic N) is 2. The summed E-state index contributed by atoms with van der Waals surface area (Å²) < 4.78 is 15.7. The monoisotopic (exact) mass is 722 g/mol. The molecule has 260 valence electrons. The lowest BCUT2D eigenvalue weighted by Gasteiger charge is -2.26. The Morgan fingerprint density at radius 1 is 0.400 bits per heavy atom. The molecule has 0 aliphatic carbocycles. The topological polar surface area (TPSA) is 33.2 Å². The van der Waals surface area contributed by atoms with E-state index in [2.05, 4.69) is 144 Å². The summed E-state index contributed by atoms with van der Waals surface area (Å²) in [6.45, 7) is 0. The third kappa shape index (κ3) is 5.60. The smallest absolute Gasteiger partial charge is 0.171 e. The number of rotatable bonds is 7. The highest BCUT2D eigenvalue weighted by atomic mass is 31.2. The molecule has 9 aromatic carbocycles. The summed E-state index contributed by atoms with van der Waals surface area (Å²) in [4.78, 5) is 7.60. The zero-order valence-electron chi connectivity index (χ0n) is 30.0. The van der Waals surface area contributed by atoms with Crippen LogP contribution in [0, 0.1) is 0 Å². The highest BCUT2D eigenvalue weighted by Gasteiger charge is 2.31. The van der Waals surface area contributed by atoms with Gasteiger partial charge in [0.1, 0.15) is 0 Å². The number of pyridine rings is 1. The lowest BCUT2D eigenvalue weighted by atomic mass is 9.95. The number of hydrogen-bond acceptors (Lipinski definition) is 3. The molecule has 55 heavy (non-hydrogen) atoms. The van der Waals surface area contributed by atoms with Crippen molar-refractivity contribution in [2.45, 2.75) is 0 Å². The van der Waals surface area contributed by atoms with E-state index in [1.54, 1.807) is 0 Å². The molecule has 3 nitrogen and oxygen atoms in total. The lowest BCUT2D eigenvalue weighted by Crippen LogP contribution is -2.25. The molecule has 1 heterocycles. The first-order chi connectivity index (χ1) is 27.2. The molecular formula is C51H35N2OP. The maximum Gasteiger partial charge on any atom is 0.171 e. The summed E-state index contributed by atoms with van der Waals surface area (Å²) in [5.74, 6) is 0. The van der Waals surface area contributed by atoms with Gasteiger partial charge in [0.2, 0.25) is 0 Å². The van der Waals surface area contributed by atoms with Crippen LogP contribution in [0.3, 0.4) is 0 Å². The van der Waals surface area contributed by atoms with Crippen LogP contribution < -0.4 is 20.8 Å². The van der Waals surface area contributed by atoms with Crippen molar-refractivity contribution in [2.24, 2.45) is 0 Å². The van der Waals surface area contributed by atoms with Gasteiger partial charge < -0.3 is 9.46 Å². The van der Waals surface area contributed by atoms with Gasteiger partial charge in [-0.25, -0.2) is 4.98 Å². The second-order valence-electron chi connectivity index (χ2n) is 13.9. The molecule has 0 saturated carbocycles. The SMILES string of the molecule is O=P(c1ccccc1)(c1ccccc1)c1cccc2c1ccc1c(-c3ccc(N(c4ccccc4)c4ccc5ccccc5c4)cc3)nc3ccccc3c12. The number of aromatic nitrogens is 1. The summed E-state index contributed by atoms with van der Waals surface area (Å²) in [6.07, 6.45) is 0. The molecule has 0 radical (unpaired) electrons. The van der Waals surface area contributed by atoms with E-state index in [1.165, 1.54) is 10.8 Å². The first-order valence-electron chi connectivity index (χ1n) is 18.6. The summed E-state index contributed by atoms with van der Waals surface area (Å²) in [5.41, 5.74) is 6.11. The van der Waals surface area contributed by atoms with E-state index < -0.39 is 7.14 Å². The van der Waals surface area contributed by atoms with Crippen LogP contribution in [0.15, 0.2) is 212 Å². The minimum absolute atomic E-state index is 0.822. The predicted molar refractivity (Wildman–Crippen MR) is 234 cm³/mol. The van der Waals surface area contributed by atoms with Gasteiger partial charge in [-0.2, -0.15) is 0 Å². The maximum atomic E-state index is 15.7. The van der Waals surface area contributed by atoms with E-state index in [0.29, 0.717) is 0 Å². The van der Waals surface area contributed by atoms with Gasteiger partial charge in [0.25, 0.3) is 0 Å². The Hall–Kier alpha value is -6.80. The molecule has 0 bridgehead atoms. The first-order valence-corrected chi connectivity index (χ1v) is 20.3. The summed E-state index contributed by atoms with van der Waals surface area (Å²) in [6, 6.07) is 73.2. The lowest BCUT2D eigenvalue weighted by molar-refractivity contribution is 0.592. The van der Waals surface area contributed by atoms with Crippen molar-refractivity contribution < 1.29 is 4.57 Å². The molecule has 0 amide bonds. The second-order valence-corrected chi connectivity index (χ2v) is 16.6. The fraction of sp³-hybridized carbons (Fsp3) is 0. The van der Waals surface area contributed by atoms with Crippen molar-refractivity contribution in [3.63, 3.8) is 0 Å². The molecule has 0 atom stereocenters. The Balaban J connectivity index is 1.16. The number of benzene rings is 9. The molecule has 10 aromatic rings. The van der Waals surface area contributed by atoms with Crippen molar-refractivity contribution in [1.82, 2.24) is 4.98 Å². The van der Waals surface area contributed by atoms with Crippen LogP contribution in [0.4, 0.5) is 17.1 Å². The van der Waals surface area contributed by atoms with E-state index in [1.807, 2.05) is 72.8 Å². The van der Waals surface area contributed by atoms with Crippen molar-refractivity contribution in [1.29, 1.82) is 0 Å². The van der Waals surface area contributed by atoms with Crippen LogP contribution in [0.25, 0.3) is 54.5 Å². The largest absolute Gasteiger partial charge is 0.310 e. The van der Waals surface area contributed by atoms with Gasteiger partial charge in [0.15, 0.2) is 7.14 Å². The van der Waals surface area contributed by atoms with Gasteiger partial charge in [-0.15, -0.1) is 0 Å². The van der Waals surface area contributed by atoms with Gasteiger partial charge in [-0.05, 0) is 64.0 Å². The van der Waals surface area contributed by atoms with Gasteiger partial charge in [0.05, 0.1) is 11.2 Å². The Labute approximate surface area is 320 Å². The minimum atomic E-state index is -3.23. The van der Waals surface area contributed by atoms with Crippen LogP contribution in [0.5, 0.6) is 0 Å². The molecule has 0 saturated heterocycles. The molecule has 0 N–H and O–H groups in total. The minimum Gasteiger partial charge on any atom is -0.310 e. The van der Waals surface area contributed by atoms with Gasteiger partial charge in [0, 0.05) is 54.7 Å². The number of fused-ring (bicyclic) bond motifs is 6. The standard InChI is InChI=1S/C51H35N2OP/c54-55(42-19-6-2-7-20-42,43-21-8-3-9-22-43)49-26-14-24-45-44(49)33-34-47-50(45)46-23-12-13-25-48(46)52-51(47)37-28-30-40(31-29-37)53(39-17-4-1-5-18-39)41-32-27-36-15-10-11-16-38(36)35-41/h1-35H. The molecule has 0 fully saturated rings. The quantitative estimate of drug-likeness (QED) is 0.121. The first kappa shape index (κ1) is 32.8. The molecule has 10 rings (SSSR count). The van der Waals surface area contributed by atoms with Gasteiger partial charge in [-0.3, -0.25) is 0 Å². The predicted octanol–water partition coefficient (Wildman–Crippen LogP) is 12.5. The van der Waals surface area contributed by atoms with Crippen LogP contribution >= 0.6 is 7.14 Å². The Morgan fingerprint density at radius 3 is 1.69 bits per heavy atom. The molecule has 1 aromatic heterocycles.